The van der Waals surface area contributed by atoms with Crippen molar-refractivity contribution in [3.05, 3.63) is 30.1 Å². The first-order valence-corrected chi connectivity index (χ1v) is 6.28. The molecular weight excluding hydrogens is 287 g/mol. The number of aromatic nitrogens is 1. The van der Waals surface area contributed by atoms with E-state index in [-0.39, 0.29) is 22.2 Å². The number of alkyl halides is 3. The molecule has 0 bridgehead atoms. The molecule has 21 heavy (non-hydrogen) atoms. The second kappa shape index (κ2) is 5.10. The third kappa shape index (κ3) is 2.63. The molecule has 0 aromatic carbocycles. The van der Waals surface area contributed by atoms with Crippen LogP contribution < -0.4 is 0 Å². The Labute approximate surface area is 119 Å². The fraction of sp³-hybridized carbons (Fsp3) is 0.462. The van der Waals surface area contributed by atoms with Gasteiger partial charge in [-0.15, -0.1) is 0 Å². The normalized spacial score (nSPS) is 22.6. The van der Waals surface area contributed by atoms with E-state index in [0.717, 1.165) is 0 Å². The van der Waals surface area contributed by atoms with Crippen LogP contribution >= 0.6 is 0 Å². The summed E-state index contributed by atoms with van der Waals surface area (Å²) in [5.74, 6) is -1.33. The van der Waals surface area contributed by atoms with Gasteiger partial charge in [-0.05, 0) is 18.1 Å². The maximum absolute atomic E-state index is 13.2. The van der Waals surface area contributed by atoms with E-state index >= 15 is 0 Å². The number of hydrazone groups is 1. The first kappa shape index (κ1) is 15.4. The van der Waals surface area contributed by atoms with E-state index in [0.29, 0.717) is 0 Å². The highest BCUT2D eigenvalue weighted by atomic mass is 19.4. The molecule has 1 aliphatic rings. The molecule has 0 saturated heterocycles. The number of amides is 1. The molecule has 1 amide bonds. The topological polar surface area (TPSA) is 65.8 Å². The number of carbonyl (C=O) groups is 1. The number of carbonyl (C=O) groups excluding carboxylic acids is 1. The van der Waals surface area contributed by atoms with Gasteiger partial charge in [-0.3, -0.25) is 9.78 Å². The van der Waals surface area contributed by atoms with Crippen molar-refractivity contribution in [1.29, 1.82) is 0 Å². The highest BCUT2D eigenvalue weighted by molar-refractivity contribution is 5.98. The van der Waals surface area contributed by atoms with Gasteiger partial charge in [0, 0.05) is 30.1 Å². The van der Waals surface area contributed by atoms with Crippen molar-refractivity contribution < 1.29 is 23.1 Å². The van der Waals surface area contributed by atoms with E-state index in [9.17, 15) is 23.1 Å². The molecule has 0 radical (unpaired) electrons. The number of hydrogen-bond donors (Lipinski definition) is 1. The third-order valence-electron chi connectivity index (χ3n) is 3.25. The molecule has 1 N–H and O–H groups in total. The molecule has 2 heterocycles. The molecule has 0 fully saturated rings. The lowest BCUT2D eigenvalue weighted by Gasteiger charge is -2.32. The highest BCUT2D eigenvalue weighted by Gasteiger charge is 2.63. The minimum Gasteiger partial charge on any atom is -0.362 e. The standard InChI is InChI=1S/C13H14F3N3O2/c1-8(2)10-7-12(21,13(14,15)16)19(18-10)11(20)9-3-5-17-6-4-9/h3-6,8,21H,7H2,1-2H3. The Hall–Kier alpha value is -1.96. The lowest BCUT2D eigenvalue weighted by Crippen LogP contribution is -2.56. The van der Waals surface area contributed by atoms with Gasteiger partial charge < -0.3 is 5.11 Å². The van der Waals surface area contributed by atoms with E-state index in [2.05, 4.69) is 10.1 Å². The molecule has 5 nitrogen and oxygen atoms in total. The van der Waals surface area contributed by atoms with Crippen LogP contribution in [0.15, 0.2) is 29.6 Å². The minimum absolute atomic E-state index is 0.0265. The van der Waals surface area contributed by atoms with Crippen LogP contribution in [-0.2, 0) is 0 Å². The number of hydrogen-bond acceptors (Lipinski definition) is 4. The molecule has 114 valence electrons. The van der Waals surface area contributed by atoms with Crippen LogP contribution in [0, 0.1) is 5.92 Å². The number of rotatable bonds is 2. The number of halogens is 3. The SMILES string of the molecule is CC(C)C1=NN(C(=O)c2ccncc2)C(O)(C(F)(F)F)C1. The number of aliphatic hydroxyl groups is 1. The van der Waals surface area contributed by atoms with Crippen LogP contribution in [-0.4, -0.2) is 38.6 Å². The average molecular weight is 301 g/mol. The predicted molar refractivity (Wildman–Crippen MR) is 68.3 cm³/mol. The van der Waals surface area contributed by atoms with Crippen molar-refractivity contribution in [2.75, 3.05) is 0 Å². The van der Waals surface area contributed by atoms with Gasteiger partial charge in [-0.25, -0.2) is 0 Å². The van der Waals surface area contributed by atoms with E-state index < -0.39 is 24.2 Å². The minimum atomic E-state index is -5.00. The number of pyridine rings is 1. The van der Waals surface area contributed by atoms with Crippen molar-refractivity contribution in [2.24, 2.45) is 11.0 Å². The summed E-state index contributed by atoms with van der Waals surface area (Å²) in [6.45, 7) is 3.30. The molecular formula is C13H14F3N3O2. The first-order valence-electron chi connectivity index (χ1n) is 6.28. The monoisotopic (exact) mass is 301 g/mol. The van der Waals surface area contributed by atoms with Crippen molar-refractivity contribution >= 4 is 11.6 Å². The summed E-state index contributed by atoms with van der Waals surface area (Å²) in [7, 11) is 0. The maximum Gasteiger partial charge on any atom is 0.438 e. The molecule has 0 aliphatic carbocycles. The summed E-state index contributed by atoms with van der Waals surface area (Å²) in [6.07, 6.45) is -3.19. The van der Waals surface area contributed by atoms with Gasteiger partial charge in [-0.2, -0.15) is 23.3 Å². The molecule has 8 heteroatoms. The Balaban J connectivity index is 2.44. The van der Waals surface area contributed by atoms with Crippen LogP contribution in [0.25, 0.3) is 0 Å². The summed E-state index contributed by atoms with van der Waals surface area (Å²) < 4.78 is 39.5. The molecule has 1 unspecified atom stereocenters. The molecule has 1 atom stereocenters. The zero-order chi connectivity index (χ0) is 15.8. The first-order chi connectivity index (χ1) is 9.67. The van der Waals surface area contributed by atoms with Crippen molar-refractivity contribution in [2.45, 2.75) is 32.2 Å². The van der Waals surface area contributed by atoms with E-state index in [1.54, 1.807) is 13.8 Å². The fourth-order valence-corrected chi connectivity index (χ4v) is 1.94. The molecule has 2 rings (SSSR count). The molecule has 1 aromatic heterocycles. The Morgan fingerprint density at radius 1 is 1.38 bits per heavy atom. The summed E-state index contributed by atoms with van der Waals surface area (Å²) in [5.41, 5.74) is -3.22. The Morgan fingerprint density at radius 3 is 2.43 bits per heavy atom. The Morgan fingerprint density at radius 2 is 1.95 bits per heavy atom. The molecule has 0 saturated carbocycles. The largest absolute Gasteiger partial charge is 0.438 e. The summed E-state index contributed by atoms with van der Waals surface area (Å²) in [6, 6.07) is 2.53. The van der Waals surface area contributed by atoms with Crippen LogP contribution in [0.3, 0.4) is 0 Å². The fourth-order valence-electron chi connectivity index (χ4n) is 1.94. The van der Waals surface area contributed by atoms with Crippen molar-refractivity contribution in [1.82, 2.24) is 9.99 Å². The van der Waals surface area contributed by atoms with Crippen molar-refractivity contribution in [3.8, 4) is 0 Å². The van der Waals surface area contributed by atoms with Gasteiger partial charge in [0.1, 0.15) is 0 Å². The molecule has 1 aromatic rings. The molecule has 0 spiro atoms. The Kier molecular flexibility index (Phi) is 3.75. The second-order valence-corrected chi connectivity index (χ2v) is 5.09. The quantitative estimate of drug-likeness (QED) is 0.910. The van der Waals surface area contributed by atoms with Gasteiger partial charge in [0.05, 0.1) is 0 Å². The summed E-state index contributed by atoms with van der Waals surface area (Å²) >= 11 is 0. The van der Waals surface area contributed by atoms with Gasteiger partial charge in [-0.1, -0.05) is 13.8 Å². The van der Waals surface area contributed by atoms with E-state index in [4.69, 9.17) is 0 Å². The van der Waals surface area contributed by atoms with Gasteiger partial charge in [0.15, 0.2) is 0 Å². The maximum atomic E-state index is 13.2. The number of nitrogens with zero attached hydrogens (tertiary/aromatic N) is 3. The van der Waals surface area contributed by atoms with Crippen LogP contribution in [0.4, 0.5) is 13.2 Å². The van der Waals surface area contributed by atoms with Crippen molar-refractivity contribution in [3.63, 3.8) is 0 Å². The van der Waals surface area contributed by atoms with Crippen LogP contribution in [0.1, 0.15) is 30.6 Å². The lowest BCUT2D eigenvalue weighted by atomic mass is 9.99. The average Bonchev–Trinajstić information content (AvgIpc) is 2.78. The third-order valence-corrected chi connectivity index (χ3v) is 3.25. The lowest BCUT2D eigenvalue weighted by molar-refractivity contribution is -0.297. The van der Waals surface area contributed by atoms with Crippen LogP contribution in [0.5, 0.6) is 0 Å². The zero-order valence-electron chi connectivity index (χ0n) is 11.4. The highest BCUT2D eigenvalue weighted by Crippen LogP contribution is 2.41. The van der Waals surface area contributed by atoms with Gasteiger partial charge in [0.25, 0.3) is 11.6 Å². The Bertz CT molecular complexity index is 572. The summed E-state index contributed by atoms with van der Waals surface area (Å²) in [5, 5.41) is 13.8. The predicted octanol–water partition coefficient (Wildman–Crippen LogP) is 2.19. The van der Waals surface area contributed by atoms with Gasteiger partial charge in [0.2, 0.25) is 0 Å². The van der Waals surface area contributed by atoms with Gasteiger partial charge >= 0.3 is 6.18 Å². The van der Waals surface area contributed by atoms with E-state index in [1.807, 2.05) is 0 Å². The summed E-state index contributed by atoms with van der Waals surface area (Å²) in [4.78, 5) is 15.9. The second-order valence-electron chi connectivity index (χ2n) is 5.09. The smallest absolute Gasteiger partial charge is 0.362 e. The molecule has 1 aliphatic heterocycles. The zero-order valence-corrected chi connectivity index (χ0v) is 11.4. The van der Waals surface area contributed by atoms with E-state index in [1.165, 1.54) is 24.5 Å². The van der Waals surface area contributed by atoms with Crippen LogP contribution in [0.2, 0.25) is 0 Å².